The van der Waals surface area contributed by atoms with E-state index in [-0.39, 0.29) is 18.0 Å². The molecule has 1 unspecified atom stereocenters. The molecule has 1 aliphatic carbocycles. The average Bonchev–Trinajstić information content (AvgIpc) is 2.34. The minimum atomic E-state index is -0.288. The van der Waals surface area contributed by atoms with Crippen molar-refractivity contribution in [1.29, 1.82) is 0 Å². The normalized spacial score (nSPS) is 32.2. The van der Waals surface area contributed by atoms with Crippen LogP contribution in [-0.4, -0.2) is 24.3 Å². The van der Waals surface area contributed by atoms with Gasteiger partial charge in [-0.05, 0) is 19.3 Å². The van der Waals surface area contributed by atoms with Crippen LogP contribution in [-0.2, 0) is 9.53 Å². The highest BCUT2D eigenvalue weighted by atomic mass is 16.5. The lowest BCUT2D eigenvalue weighted by Crippen LogP contribution is -2.13. The van der Waals surface area contributed by atoms with Crippen molar-refractivity contribution in [3.63, 3.8) is 0 Å². The van der Waals surface area contributed by atoms with E-state index in [4.69, 9.17) is 5.11 Å². The standard InChI is InChI=1S/C7H12O3/c1-10-7(9)5-2-3-6(8)4-5/h5-6,8H,2-4H2,1H3/t5?,6-/m1/s1. The van der Waals surface area contributed by atoms with Crippen LogP contribution in [0.5, 0.6) is 0 Å². The van der Waals surface area contributed by atoms with E-state index in [1.807, 2.05) is 0 Å². The van der Waals surface area contributed by atoms with Gasteiger partial charge in [-0.15, -0.1) is 0 Å². The van der Waals surface area contributed by atoms with E-state index in [2.05, 4.69) is 4.74 Å². The van der Waals surface area contributed by atoms with Gasteiger partial charge in [0.1, 0.15) is 0 Å². The van der Waals surface area contributed by atoms with Crippen LogP contribution in [0.3, 0.4) is 0 Å². The number of methoxy groups -OCH3 is 1. The third-order valence-corrected chi connectivity index (χ3v) is 1.94. The lowest BCUT2D eigenvalue weighted by molar-refractivity contribution is -0.145. The molecule has 3 nitrogen and oxygen atoms in total. The summed E-state index contributed by atoms with van der Waals surface area (Å²) < 4.78 is 4.53. The molecule has 1 saturated carbocycles. The highest BCUT2D eigenvalue weighted by Crippen LogP contribution is 2.25. The van der Waals surface area contributed by atoms with Crippen LogP contribution < -0.4 is 0 Å². The van der Waals surface area contributed by atoms with E-state index < -0.39 is 0 Å². The van der Waals surface area contributed by atoms with Gasteiger partial charge in [0.25, 0.3) is 0 Å². The smallest absolute Gasteiger partial charge is 0.308 e. The Morgan fingerprint density at radius 1 is 1.60 bits per heavy atom. The minimum Gasteiger partial charge on any atom is -0.469 e. The first kappa shape index (κ1) is 7.54. The van der Waals surface area contributed by atoms with Gasteiger partial charge in [-0.3, -0.25) is 4.79 Å². The van der Waals surface area contributed by atoms with Crippen molar-refractivity contribution in [2.45, 2.75) is 25.4 Å². The maximum Gasteiger partial charge on any atom is 0.308 e. The summed E-state index contributed by atoms with van der Waals surface area (Å²) in [5.41, 5.74) is 0. The molecule has 0 heterocycles. The summed E-state index contributed by atoms with van der Waals surface area (Å²) in [5.74, 6) is -0.239. The van der Waals surface area contributed by atoms with Gasteiger partial charge in [-0.1, -0.05) is 0 Å². The number of ether oxygens (including phenoxy) is 1. The predicted molar refractivity (Wildman–Crippen MR) is 35.4 cm³/mol. The van der Waals surface area contributed by atoms with E-state index in [0.29, 0.717) is 6.42 Å². The van der Waals surface area contributed by atoms with Crippen LogP contribution in [0.25, 0.3) is 0 Å². The summed E-state index contributed by atoms with van der Waals surface area (Å²) in [7, 11) is 1.38. The van der Waals surface area contributed by atoms with E-state index in [0.717, 1.165) is 12.8 Å². The zero-order valence-corrected chi connectivity index (χ0v) is 6.04. The number of carbonyl (C=O) groups excluding carboxylic acids is 1. The largest absolute Gasteiger partial charge is 0.469 e. The zero-order chi connectivity index (χ0) is 7.56. The highest BCUT2D eigenvalue weighted by molar-refractivity contribution is 5.72. The first-order valence-corrected chi connectivity index (χ1v) is 3.50. The Morgan fingerprint density at radius 3 is 2.70 bits per heavy atom. The van der Waals surface area contributed by atoms with Gasteiger partial charge in [0.15, 0.2) is 0 Å². The minimum absolute atomic E-state index is 0.0556. The van der Waals surface area contributed by atoms with Crippen molar-refractivity contribution in [3.8, 4) is 0 Å². The number of aliphatic hydroxyl groups excluding tert-OH is 1. The number of aliphatic hydroxyl groups is 1. The Labute approximate surface area is 60.0 Å². The first-order chi connectivity index (χ1) is 4.74. The molecule has 1 fully saturated rings. The van der Waals surface area contributed by atoms with Crippen LogP contribution in [0.1, 0.15) is 19.3 Å². The molecule has 0 saturated heterocycles. The molecule has 0 spiro atoms. The third kappa shape index (κ3) is 1.48. The van der Waals surface area contributed by atoms with Crippen molar-refractivity contribution < 1.29 is 14.6 Å². The van der Waals surface area contributed by atoms with Crippen molar-refractivity contribution >= 4 is 5.97 Å². The average molecular weight is 144 g/mol. The van der Waals surface area contributed by atoms with Crippen LogP contribution in [0.15, 0.2) is 0 Å². The van der Waals surface area contributed by atoms with Gasteiger partial charge in [-0.2, -0.15) is 0 Å². The molecule has 3 heteroatoms. The molecular weight excluding hydrogens is 132 g/mol. The topological polar surface area (TPSA) is 46.5 Å². The van der Waals surface area contributed by atoms with E-state index in [9.17, 15) is 4.79 Å². The fourth-order valence-corrected chi connectivity index (χ4v) is 1.34. The van der Waals surface area contributed by atoms with Gasteiger partial charge in [0, 0.05) is 0 Å². The van der Waals surface area contributed by atoms with E-state index in [1.165, 1.54) is 7.11 Å². The Kier molecular flexibility index (Phi) is 2.27. The van der Waals surface area contributed by atoms with E-state index in [1.54, 1.807) is 0 Å². The van der Waals surface area contributed by atoms with Crippen molar-refractivity contribution in [3.05, 3.63) is 0 Å². The van der Waals surface area contributed by atoms with Gasteiger partial charge >= 0.3 is 5.97 Å². The number of carbonyl (C=O) groups is 1. The molecule has 1 rings (SSSR count). The second kappa shape index (κ2) is 3.01. The third-order valence-electron chi connectivity index (χ3n) is 1.94. The Hall–Kier alpha value is -0.570. The lowest BCUT2D eigenvalue weighted by atomic mass is 10.1. The Balaban J connectivity index is 2.37. The van der Waals surface area contributed by atoms with Gasteiger partial charge in [-0.25, -0.2) is 0 Å². The summed E-state index contributed by atoms with van der Waals surface area (Å²) in [6.07, 6.45) is 1.80. The maximum atomic E-state index is 10.8. The molecule has 0 radical (unpaired) electrons. The first-order valence-electron chi connectivity index (χ1n) is 3.50. The highest BCUT2D eigenvalue weighted by Gasteiger charge is 2.28. The lowest BCUT2D eigenvalue weighted by Gasteiger charge is -2.04. The van der Waals surface area contributed by atoms with Gasteiger partial charge in [0.2, 0.25) is 0 Å². The van der Waals surface area contributed by atoms with Gasteiger partial charge < -0.3 is 9.84 Å². The quantitative estimate of drug-likeness (QED) is 0.539. The molecular formula is C7H12O3. The van der Waals surface area contributed by atoms with Gasteiger partial charge in [0.05, 0.1) is 19.1 Å². The number of hydrogen-bond donors (Lipinski definition) is 1. The molecule has 0 aliphatic heterocycles. The molecule has 0 aromatic carbocycles. The van der Waals surface area contributed by atoms with Crippen molar-refractivity contribution in [2.24, 2.45) is 5.92 Å². The molecule has 0 aromatic heterocycles. The molecule has 0 amide bonds. The molecule has 0 bridgehead atoms. The number of hydrogen-bond acceptors (Lipinski definition) is 3. The fourth-order valence-electron chi connectivity index (χ4n) is 1.34. The molecule has 10 heavy (non-hydrogen) atoms. The molecule has 58 valence electrons. The SMILES string of the molecule is COC(=O)C1CC[C@@H](O)C1. The monoisotopic (exact) mass is 144 g/mol. The van der Waals surface area contributed by atoms with Crippen LogP contribution in [0, 0.1) is 5.92 Å². The van der Waals surface area contributed by atoms with Crippen LogP contribution >= 0.6 is 0 Å². The summed E-state index contributed by atoms with van der Waals surface area (Å²) in [4.78, 5) is 10.8. The fraction of sp³-hybridized carbons (Fsp3) is 0.857. The predicted octanol–water partition coefficient (Wildman–Crippen LogP) is 0.320. The second-order valence-electron chi connectivity index (χ2n) is 2.69. The Bertz CT molecular complexity index is 133. The van der Waals surface area contributed by atoms with E-state index >= 15 is 0 Å². The van der Waals surface area contributed by atoms with Crippen LogP contribution in [0.4, 0.5) is 0 Å². The molecule has 0 aromatic rings. The van der Waals surface area contributed by atoms with Crippen molar-refractivity contribution in [2.75, 3.05) is 7.11 Å². The molecule has 1 aliphatic rings. The second-order valence-corrected chi connectivity index (χ2v) is 2.69. The maximum absolute atomic E-state index is 10.8. The van der Waals surface area contributed by atoms with Crippen LogP contribution in [0.2, 0.25) is 0 Å². The molecule has 2 atom stereocenters. The zero-order valence-electron chi connectivity index (χ0n) is 6.04. The molecule has 1 N–H and O–H groups in total. The summed E-state index contributed by atoms with van der Waals surface area (Å²) in [5, 5.41) is 9.04. The summed E-state index contributed by atoms with van der Waals surface area (Å²) in [6, 6.07) is 0. The number of rotatable bonds is 1. The summed E-state index contributed by atoms with van der Waals surface area (Å²) in [6.45, 7) is 0. The van der Waals surface area contributed by atoms with Crippen molar-refractivity contribution in [1.82, 2.24) is 0 Å². The number of esters is 1. The Morgan fingerprint density at radius 2 is 2.30 bits per heavy atom. The summed E-state index contributed by atoms with van der Waals surface area (Å²) >= 11 is 0.